The van der Waals surface area contributed by atoms with Gasteiger partial charge in [0, 0.05) is 12.6 Å². The molecule has 2 heteroatoms. The topological polar surface area (TPSA) is 12.0 Å². The summed E-state index contributed by atoms with van der Waals surface area (Å²) in [5, 5.41) is 3.51. The fourth-order valence-electron chi connectivity index (χ4n) is 2.42. The Labute approximate surface area is 119 Å². The van der Waals surface area contributed by atoms with Crippen LogP contribution in [0.3, 0.4) is 0 Å². The van der Waals surface area contributed by atoms with E-state index in [-0.39, 0.29) is 5.82 Å². The molecule has 0 bridgehead atoms. The highest BCUT2D eigenvalue weighted by Crippen LogP contribution is 2.28. The fourth-order valence-corrected chi connectivity index (χ4v) is 2.42. The lowest BCUT2D eigenvalue weighted by Crippen LogP contribution is -2.16. The van der Waals surface area contributed by atoms with Crippen LogP contribution >= 0.6 is 0 Å². The zero-order valence-electron chi connectivity index (χ0n) is 12.0. The van der Waals surface area contributed by atoms with Gasteiger partial charge in [-0.3, -0.25) is 0 Å². The maximum atomic E-state index is 13.6. The summed E-state index contributed by atoms with van der Waals surface area (Å²) in [6.45, 7) is 5.01. The van der Waals surface area contributed by atoms with Crippen molar-refractivity contribution in [1.29, 1.82) is 0 Å². The maximum Gasteiger partial charge on any atom is 0.123 e. The molecule has 1 fully saturated rings. The predicted molar refractivity (Wildman–Crippen MR) is 81.2 cm³/mol. The van der Waals surface area contributed by atoms with E-state index in [0.717, 1.165) is 17.7 Å². The summed E-state index contributed by atoms with van der Waals surface area (Å²) < 4.78 is 13.6. The summed E-state index contributed by atoms with van der Waals surface area (Å²) >= 11 is 0. The minimum atomic E-state index is -0.173. The molecule has 0 atom stereocenters. The normalized spacial score (nSPS) is 14.6. The molecular formula is C18H20FN. The summed E-state index contributed by atoms with van der Waals surface area (Å²) in [5.41, 5.74) is 5.78. The maximum absolute atomic E-state index is 13.6. The lowest BCUT2D eigenvalue weighted by atomic mass is 9.96. The molecule has 2 aromatic carbocycles. The largest absolute Gasteiger partial charge is 0.310 e. The van der Waals surface area contributed by atoms with Crippen molar-refractivity contribution in [2.75, 3.05) is 0 Å². The molecule has 0 saturated heterocycles. The molecule has 0 aliphatic heterocycles. The lowest BCUT2D eigenvalue weighted by molar-refractivity contribution is 0.625. The molecule has 2 aromatic rings. The minimum Gasteiger partial charge on any atom is -0.310 e. The Morgan fingerprint density at radius 1 is 1.05 bits per heavy atom. The molecule has 0 amide bonds. The summed E-state index contributed by atoms with van der Waals surface area (Å²) in [7, 11) is 0. The van der Waals surface area contributed by atoms with Crippen molar-refractivity contribution in [3.8, 4) is 11.1 Å². The molecular weight excluding hydrogens is 249 g/mol. The third kappa shape index (κ3) is 2.91. The van der Waals surface area contributed by atoms with Gasteiger partial charge in [-0.15, -0.1) is 0 Å². The SMILES string of the molecule is Cc1ccc(-c2cc(F)ccc2CNC2CC2)cc1C. The molecule has 1 N–H and O–H groups in total. The Morgan fingerprint density at radius 3 is 2.55 bits per heavy atom. The molecule has 1 saturated carbocycles. The summed E-state index contributed by atoms with van der Waals surface area (Å²) in [6.07, 6.45) is 2.53. The van der Waals surface area contributed by atoms with E-state index < -0.39 is 0 Å². The number of hydrogen-bond donors (Lipinski definition) is 1. The van der Waals surface area contributed by atoms with Crippen molar-refractivity contribution < 1.29 is 4.39 Å². The van der Waals surface area contributed by atoms with Gasteiger partial charge in [0.05, 0.1) is 0 Å². The van der Waals surface area contributed by atoms with E-state index in [1.54, 1.807) is 12.1 Å². The Bertz CT molecular complexity index is 629. The second kappa shape index (κ2) is 5.37. The molecule has 0 spiro atoms. The van der Waals surface area contributed by atoms with Gasteiger partial charge in [0.25, 0.3) is 0 Å². The molecule has 104 valence electrons. The fraction of sp³-hybridized carbons (Fsp3) is 0.333. The summed E-state index contributed by atoms with van der Waals surface area (Å²) in [6, 6.07) is 12.1. The second-order valence-corrected chi connectivity index (χ2v) is 5.76. The summed E-state index contributed by atoms with van der Waals surface area (Å²) in [5.74, 6) is -0.173. The predicted octanol–water partition coefficient (Wildman–Crippen LogP) is 4.36. The monoisotopic (exact) mass is 269 g/mol. The van der Waals surface area contributed by atoms with E-state index in [1.165, 1.54) is 29.5 Å². The Hall–Kier alpha value is -1.67. The van der Waals surface area contributed by atoms with Crippen molar-refractivity contribution >= 4 is 0 Å². The Balaban J connectivity index is 1.96. The standard InChI is InChI=1S/C18H20FN/c1-12-3-4-14(9-13(12)2)18-10-16(19)6-5-15(18)11-20-17-7-8-17/h3-6,9-10,17,20H,7-8,11H2,1-2H3. The highest BCUT2D eigenvalue weighted by Gasteiger charge is 2.20. The molecule has 3 rings (SSSR count). The third-order valence-corrected chi connectivity index (χ3v) is 4.05. The molecule has 1 nitrogen and oxygen atoms in total. The van der Waals surface area contributed by atoms with Crippen molar-refractivity contribution in [2.24, 2.45) is 0 Å². The van der Waals surface area contributed by atoms with Crippen LogP contribution in [0.1, 0.15) is 29.5 Å². The molecule has 0 aromatic heterocycles. The number of benzene rings is 2. The van der Waals surface area contributed by atoms with Crippen molar-refractivity contribution in [3.63, 3.8) is 0 Å². The summed E-state index contributed by atoms with van der Waals surface area (Å²) in [4.78, 5) is 0. The van der Waals surface area contributed by atoms with Gasteiger partial charge in [0.15, 0.2) is 0 Å². The third-order valence-electron chi connectivity index (χ3n) is 4.05. The number of halogens is 1. The first-order valence-electron chi connectivity index (χ1n) is 7.23. The molecule has 1 aliphatic rings. The van der Waals surface area contributed by atoms with Crippen molar-refractivity contribution in [2.45, 2.75) is 39.3 Å². The molecule has 0 unspecified atom stereocenters. The average Bonchev–Trinajstić information content (AvgIpc) is 3.24. The zero-order chi connectivity index (χ0) is 14.1. The molecule has 0 heterocycles. The second-order valence-electron chi connectivity index (χ2n) is 5.76. The van der Waals surface area contributed by atoms with Crippen LogP contribution in [0.15, 0.2) is 36.4 Å². The first kappa shape index (κ1) is 13.3. The quantitative estimate of drug-likeness (QED) is 0.869. The van der Waals surface area contributed by atoms with Gasteiger partial charge < -0.3 is 5.32 Å². The Morgan fingerprint density at radius 2 is 1.85 bits per heavy atom. The van der Waals surface area contributed by atoms with E-state index >= 15 is 0 Å². The molecule has 1 aliphatic carbocycles. The van der Waals surface area contributed by atoms with Crippen LogP contribution in [-0.4, -0.2) is 6.04 Å². The van der Waals surface area contributed by atoms with Gasteiger partial charge in [-0.1, -0.05) is 24.3 Å². The van der Waals surface area contributed by atoms with Crippen molar-refractivity contribution in [3.05, 3.63) is 58.9 Å². The zero-order valence-corrected chi connectivity index (χ0v) is 12.0. The van der Waals surface area contributed by atoms with Crippen LogP contribution in [0.5, 0.6) is 0 Å². The van der Waals surface area contributed by atoms with E-state index in [2.05, 4.69) is 37.4 Å². The number of rotatable bonds is 4. The minimum absolute atomic E-state index is 0.173. The van der Waals surface area contributed by atoms with Gasteiger partial charge in [-0.25, -0.2) is 4.39 Å². The van der Waals surface area contributed by atoms with Crippen LogP contribution in [0.2, 0.25) is 0 Å². The van der Waals surface area contributed by atoms with Crippen LogP contribution < -0.4 is 5.32 Å². The van der Waals surface area contributed by atoms with Crippen molar-refractivity contribution in [1.82, 2.24) is 5.32 Å². The van der Waals surface area contributed by atoms with Crippen LogP contribution in [0.4, 0.5) is 4.39 Å². The van der Waals surface area contributed by atoms with E-state index in [9.17, 15) is 4.39 Å². The van der Waals surface area contributed by atoms with E-state index in [4.69, 9.17) is 0 Å². The number of nitrogens with one attached hydrogen (secondary N) is 1. The van der Waals surface area contributed by atoms with Gasteiger partial charge in [0.2, 0.25) is 0 Å². The van der Waals surface area contributed by atoms with Crippen LogP contribution in [0.25, 0.3) is 11.1 Å². The van der Waals surface area contributed by atoms with E-state index in [1.807, 2.05) is 6.07 Å². The first-order chi connectivity index (χ1) is 9.63. The van der Waals surface area contributed by atoms with Gasteiger partial charge in [-0.05, 0) is 66.6 Å². The van der Waals surface area contributed by atoms with Crippen LogP contribution in [-0.2, 0) is 6.54 Å². The van der Waals surface area contributed by atoms with E-state index in [0.29, 0.717) is 6.04 Å². The Kier molecular flexibility index (Phi) is 3.58. The lowest BCUT2D eigenvalue weighted by Gasteiger charge is -2.12. The van der Waals surface area contributed by atoms with Crippen LogP contribution in [0, 0.1) is 19.7 Å². The van der Waals surface area contributed by atoms with Gasteiger partial charge in [-0.2, -0.15) is 0 Å². The molecule has 20 heavy (non-hydrogen) atoms. The van der Waals surface area contributed by atoms with Gasteiger partial charge in [0.1, 0.15) is 5.82 Å². The number of hydrogen-bond acceptors (Lipinski definition) is 1. The van der Waals surface area contributed by atoms with Gasteiger partial charge >= 0.3 is 0 Å². The smallest absolute Gasteiger partial charge is 0.123 e. The highest BCUT2D eigenvalue weighted by molar-refractivity contribution is 5.68. The highest BCUT2D eigenvalue weighted by atomic mass is 19.1. The molecule has 0 radical (unpaired) electrons. The number of aryl methyl sites for hydroxylation is 2. The average molecular weight is 269 g/mol. The first-order valence-corrected chi connectivity index (χ1v) is 7.23.